The summed E-state index contributed by atoms with van der Waals surface area (Å²) in [5, 5.41) is 12.9. The summed E-state index contributed by atoms with van der Waals surface area (Å²) in [7, 11) is 0. The molecule has 0 amide bonds. The quantitative estimate of drug-likeness (QED) is 0.871. The molecule has 2 unspecified atom stereocenters. The molecular formula is C13H17F2NO2. The average Bonchev–Trinajstić information content (AvgIpc) is 2.28. The highest BCUT2D eigenvalue weighted by molar-refractivity contribution is 5.49. The van der Waals surface area contributed by atoms with E-state index in [-0.39, 0.29) is 23.3 Å². The number of aliphatic hydroxyl groups is 1. The molecule has 0 aliphatic heterocycles. The number of benzene rings is 1. The van der Waals surface area contributed by atoms with Crippen LogP contribution in [0.2, 0.25) is 0 Å². The molecule has 3 nitrogen and oxygen atoms in total. The highest BCUT2D eigenvalue weighted by atomic mass is 19.3. The van der Waals surface area contributed by atoms with E-state index in [4.69, 9.17) is 0 Å². The molecular weight excluding hydrogens is 240 g/mol. The zero-order valence-corrected chi connectivity index (χ0v) is 10.4. The van der Waals surface area contributed by atoms with Gasteiger partial charge in [-0.1, -0.05) is 19.9 Å². The Hall–Kier alpha value is -1.36. The number of nitrogens with one attached hydrogen (secondary N) is 1. The van der Waals surface area contributed by atoms with Crippen molar-refractivity contribution in [3.63, 3.8) is 0 Å². The molecule has 0 radical (unpaired) electrons. The number of anilines is 1. The molecule has 100 valence electrons. The summed E-state index contributed by atoms with van der Waals surface area (Å²) in [6, 6.07) is 6.60. The van der Waals surface area contributed by atoms with Gasteiger partial charge in [-0.3, -0.25) is 0 Å². The largest absolute Gasteiger partial charge is 0.435 e. The number of ether oxygens (including phenoxy) is 1. The molecule has 1 aliphatic rings. The van der Waals surface area contributed by atoms with Crippen molar-refractivity contribution in [2.75, 3.05) is 5.32 Å². The Morgan fingerprint density at radius 3 is 2.72 bits per heavy atom. The molecule has 0 saturated heterocycles. The van der Waals surface area contributed by atoms with Crippen molar-refractivity contribution < 1.29 is 18.6 Å². The van der Waals surface area contributed by atoms with Crippen molar-refractivity contribution >= 4 is 5.69 Å². The molecule has 0 aromatic heterocycles. The van der Waals surface area contributed by atoms with Crippen molar-refractivity contribution in [3.05, 3.63) is 24.3 Å². The van der Waals surface area contributed by atoms with Crippen LogP contribution in [0.4, 0.5) is 14.5 Å². The second-order valence-electron chi connectivity index (χ2n) is 5.18. The smallest absolute Gasteiger partial charge is 0.387 e. The summed E-state index contributed by atoms with van der Waals surface area (Å²) in [6.45, 7) is 1.12. The van der Waals surface area contributed by atoms with Gasteiger partial charge in [0.1, 0.15) is 5.75 Å². The lowest BCUT2D eigenvalue weighted by molar-refractivity contribution is -0.0514. The van der Waals surface area contributed by atoms with Gasteiger partial charge in [0.2, 0.25) is 0 Å². The first kappa shape index (κ1) is 13.1. The molecule has 0 spiro atoms. The van der Waals surface area contributed by atoms with Crippen molar-refractivity contribution in [2.24, 2.45) is 5.41 Å². The van der Waals surface area contributed by atoms with Crippen LogP contribution in [-0.4, -0.2) is 23.9 Å². The van der Waals surface area contributed by atoms with E-state index in [2.05, 4.69) is 10.1 Å². The first-order chi connectivity index (χ1) is 8.39. The predicted octanol–water partition coefficient (Wildman–Crippen LogP) is 2.86. The number of hydrogen-bond donors (Lipinski definition) is 2. The Balaban J connectivity index is 2.02. The second-order valence-corrected chi connectivity index (χ2v) is 5.18. The Bertz CT molecular complexity index is 423. The van der Waals surface area contributed by atoms with Crippen LogP contribution < -0.4 is 10.1 Å². The number of aliphatic hydroxyl groups excluding tert-OH is 1. The lowest BCUT2D eigenvalue weighted by Gasteiger charge is -2.49. The maximum Gasteiger partial charge on any atom is 0.387 e. The molecule has 2 atom stereocenters. The van der Waals surface area contributed by atoms with Crippen molar-refractivity contribution in [1.29, 1.82) is 0 Å². The minimum Gasteiger partial charge on any atom is -0.435 e. The normalized spacial score (nSPS) is 25.7. The molecule has 1 aliphatic carbocycles. The van der Waals surface area contributed by atoms with Gasteiger partial charge in [0.25, 0.3) is 0 Å². The predicted molar refractivity (Wildman–Crippen MR) is 64.9 cm³/mol. The molecule has 18 heavy (non-hydrogen) atoms. The zero-order chi connectivity index (χ0) is 13.3. The maximum absolute atomic E-state index is 12.1. The monoisotopic (exact) mass is 257 g/mol. The third-order valence-corrected chi connectivity index (χ3v) is 3.62. The topological polar surface area (TPSA) is 41.5 Å². The first-order valence-corrected chi connectivity index (χ1v) is 5.89. The number of hydrogen-bond acceptors (Lipinski definition) is 3. The van der Waals surface area contributed by atoms with Crippen molar-refractivity contribution in [1.82, 2.24) is 0 Å². The van der Waals surface area contributed by atoms with Gasteiger partial charge < -0.3 is 15.2 Å². The van der Waals surface area contributed by atoms with Crippen LogP contribution in [0.5, 0.6) is 5.75 Å². The molecule has 1 saturated carbocycles. The van der Waals surface area contributed by atoms with Crippen LogP contribution in [0.1, 0.15) is 20.3 Å². The summed E-state index contributed by atoms with van der Waals surface area (Å²) in [5.41, 5.74) is 0.512. The van der Waals surface area contributed by atoms with Crippen molar-refractivity contribution in [3.8, 4) is 5.75 Å². The molecule has 1 aromatic carbocycles. The van der Waals surface area contributed by atoms with E-state index >= 15 is 0 Å². The Morgan fingerprint density at radius 2 is 2.17 bits per heavy atom. The summed E-state index contributed by atoms with van der Waals surface area (Å²) in [4.78, 5) is 0. The highest BCUT2D eigenvalue weighted by Gasteiger charge is 2.47. The average molecular weight is 257 g/mol. The molecule has 0 bridgehead atoms. The fourth-order valence-corrected chi connectivity index (χ4v) is 2.11. The maximum atomic E-state index is 12.1. The molecule has 1 aromatic rings. The third-order valence-electron chi connectivity index (χ3n) is 3.62. The standard InChI is InChI=1S/C13H17F2NO2/c1-13(2)10(7-11(13)17)16-8-4-3-5-9(6-8)18-12(14)15/h3-6,10-12,16-17H,7H2,1-2H3. The van der Waals surface area contributed by atoms with Crippen molar-refractivity contribution in [2.45, 2.75) is 39.0 Å². The summed E-state index contributed by atoms with van der Waals surface area (Å²) in [5.74, 6) is 0.132. The van der Waals surface area contributed by atoms with Gasteiger partial charge in [0, 0.05) is 23.2 Å². The zero-order valence-electron chi connectivity index (χ0n) is 10.4. The lowest BCUT2D eigenvalue weighted by atomic mass is 9.64. The molecule has 5 heteroatoms. The van der Waals surface area contributed by atoms with E-state index in [1.807, 2.05) is 13.8 Å². The van der Waals surface area contributed by atoms with E-state index in [1.54, 1.807) is 12.1 Å². The van der Waals surface area contributed by atoms with Crippen LogP contribution in [-0.2, 0) is 0 Å². The van der Waals surface area contributed by atoms with Crippen LogP contribution in [0.25, 0.3) is 0 Å². The number of halogens is 2. The van der Waals surface area contributed by atoms with Crippen LogP contribution in [0.15, 0.2) is 24.3 Å². The van der Waals surface area contributed by atoms with E-state index in [1.165, 1.54) is 12.1 Å². The van der Waals surface area contributed by atoms with E-state index < -0.39 is 6.61 Å². The van der Waals surface area contributed by atoms with Crippen LogP contribution in [0, 0.1) is 5.41 Å². The summed E-state index contributed by atoms with van der Waals surface area (Å²) < 4.78 is 28.5. The van der Waals surface area contributed by atoms with Gasteiger partial charge in [0.15, 0.2) is 0 Å². The second kappa shape index (κ2) is 4.72. The Morgan fingerprint density at radius 1 is 1.44 bits per heavy atom. The molecule has 0 heterocycles. The minimum atomic E-state index is -2.82. The molecule has 2 rings (SSSR count). The highest BCUT2D eigenvalue weighted by Crippen LogP contribution is 2.42. The van der Waals surface area contributed by atoms with Gasteiger partial charge >= 0.3 is 6.61 Å². The Kier molecular flexibility index (Phi) is 3.43. The summed E-state index contributed by atoms with van der Waals surface area (Å²) >= 11 is 0. The fourth-order valence-electron chi connectivity index (χ4n) is 2.11. The van der Waals surface area contributed by atoms with E-state index in [9.17, 15) is 13.9 Å². The molecule has 2 N–H and O–H groups in total. The Labute approximate surface area is 105 Å². The van der Waals surface area contributed by atoms with Crippen LogP contribution >= 0.6 is 0 Å². The summed E-state index contributed by atoms with van der Waals surface area (Å²) in [6.07, 6.45) is 0.336. The first-order valence-electron chi connectivity index (χ1n) is 5.89. The minimum absolute atomic E-state index is 0.132. The fraction of sp³-hybridized carbons (Fsp3) is 0.538. The molecule has 1 fully saturated rings. The third kappa shape index (κ3) is 2.56. The van der Waals surface area contributed by atoms with Gasteiger partial charge in [-0.25, -0.2) is 0 Å². The van der Waals surface area contributed by atoms with Gasteiger partial charge in [-0.15, -0.1) is 0 Å². The van der Waals surface area contributed by atoms with E-state index in [0.717, 1.165) is 5.69 Å². The number of rotatable bonds is 4. The van der Waals surface area contributed by atoms with Gasteiger partial charge in [-0.05, 0) is 18.6 Å². The number of alkyl halides is 2. The van der Waals surface area contributed by atoms with Gasteiger partial charge in [-0.2, -0.15) is 8.78 Å². The SMILES string of the molecule is CC1(C)C(O)CC1Nc1cccc(OC(F)F)c1. The lowest BCUT2D eigenvalue weighted by Crippen LogP contribution is -2.56. The van der Waals surface area contributed by atoms with E-state index in [0.29, 0.717) is 6.42 Å². The van der Waals surface area contributed by atoms with Gasteiger partial charge in [0.05, 0.1) is 6.10 Å². The van der Waals surface area contributed by atoms with Crippen LogP contribution in [0.3, 0.4) is 0 Å².